The van der Waals surface area contributed by atoms with E-state index in [0.29, 0.717) is 35.4 Å². The van der Waals surface area contributed by atoms with Crippen molar-refractivity contribution in [1.29, 1.82) is 0 Å². The van der Waals surface area contributed by atoms with Gasteiger partial charge in [0.15, 0.2) is 21.3 Å². The van der Waals surface area contributed by atoms with Crippen LogP contribution in [0.5, 0.6) is 11.5 Å². The largest absolute Gasteiger partial charge is 0.493 e. The van der Waals surface area contributed by atoms with Gasteiger partial charge in [0.2, 0.25) is 5.91 Å². The van der Waals surface area contributed by atoms with E-state index in [1.54, 1.807) is 31.0 Å². The first-order valence-electron chi connectivity index (χ1n) is 12.1. The van der Waals surface area contributed by atoms with Crippen LogP contribution in [0.25, 0.3) is 10.9 Å². The Balaban J connectivity index is 1.49. The molecule has 1 amide bonds. The van der Waals surface area contributed by atoms with Crippen LogP contribution in [0, 0.1) is 13.8 Å². The third kappa shape index (κ3) is 5.97. The Bertz CT molecular complexity index is 1540. The normalized spacial score (nSPS) is 11.5. The summed E-state index contributed by atoms with van der Waals surface area (Å²) in [7, 11) is -0.463. The topological polar surface area (TPSA) is 86.6 Å². The van der Waals surface area contributed by atoms with Gasteiger partial charge in [0.05, 0.1) is 24.9 Å². The van der Waals surface area contributed by atoms with E-state index in [1.807, 2.05) is 68.4 Å². The van der Waals surface area contributed by atoms with E-state index >= 15 is 0 Å². The molecule has 194 valence electrons. The Kier molecular flexibility index (Phi) is 7.88. The summed E-state index contributed by atoms with van der Waals surface area (Å²) in [5.41, 5.74) is 4.45. The highest BCUT2D eigenvalue weighted by Crippen LogP contribution is 2.29. The number of aryl methyl sites for hydroxylation is 2. The van der Waals surface area contributed by atoms with Gasteiger partial charge < -0.3 is 19.4 Å². The van der Waals surface area contributed by atoms with Crippen LogP contribution in [0.3, 0.4) is 0 Å². The number of hydrogen-bond donors (Lipinski definition) is 1. The molecule has 1 heterocycles. The Labute approximate surface area is 217 Å². The van der Waals surface area contributed by atoms with Crippen LogP contribution in [0.4, 0.5) is 0 Å². The molecular weight excluding hydrogens is 488 g/mol. The molecule has 0 bridgehead atoms. The molecule has 0 saturated heterocycles. The molecule has 7 nitrogen and oxygen atoms in total. The van der Waals surface area contributed by atoms with E-state index in [9.17, 15) is 13.2 Å². The summed E-state index contributed by atoms with van der Waals surface area (Å²) in [5, 5.41) is 3.55. The number of sulfone groups is 1. The smallest absolute Gasteiger partial charge is 0.239 e. The zero-order chi connectivity index (χ0) is 26.6. The fraction of sp³-hybridized carbons (Fsp3) is 0.276. The summed E-state index contributed by atoms with van der Waals surface area (Å²) in [6.07, 6.45) is 2.20. The molecule has 0 saturated carbocycles. The highest BCUT2D eigenvalue weighted by atomic mass is 32.2. The van der Waals surface area contributed by atoms with Gasteiger partial charge >= 0.3 is 0 Å². The number of ether oxygens (including phenoxy) is 2. The van der Waals surface area contributed by atoms with Gasteiger partial charge in [0.1, 0.15) is 6.54 Å². The predicted octanol–water partition coefficient (Wildman–Crippen LogP) is 4.61. The molecule has 0 atom stereocenters. The van der Waals surface area contributed by atoms with Crippen LogP contribution < -0.4 is 14.8 Å². The lowest BCUT2D eigenvalue weighted by Crippen LogP contribution is -2.29. The molecule has 0 aliphatic heterocycles. The lowest BCUT2D eigenvalue weighted by molar-refractivity contribution is -0.121. The maximum absolute atomic E-state index is 13.5. The quantitative estimate of drug-likeness (QED) is 0.330. The number of carbonyl (C=O) groups is 1. The number of nitrogens with zero attached hydrogens (tertiary/aromatic N) is 1. The van der Waals surface area contributed by atoms with E-state index < -0.39 is 9.84 Å². The second-order valence-electron chi connectivity index (χ2n) is 9.12. The van der Waals surface area contributed by atoms with Crippen molar-refractivity contribution in [1.82, 2.24) is 9.88 Å². The lowest BCUT2D eigenvalue weighted by Gasteiger charge is -2.10. The number of nitrogens with one attached hydrogen (secondary N) is 1. The van der Waals surface area contributed by atoms with Crippen molar-refractivity contribution in [3.8, 4) is 11.5 Å². The van der Waals surface area contributed by atoms with Crippen molar-refractivity contribution in [2.45, 2.75) is 37.5 Å². The van der Waals surface area contributed by atoms with Crippen molar-refractivity contribution >= 4 is 26.6 Å². The number of fused-ring (bicyclic) bond motifs is 1. The SMILES string of the molecule is COc1ccc(CCNC(=O)Cn2cc(S(=O)(=O)Cc3cc(C)ccc3C)c3ccccc32)cc1OC. The number of carbonyl (C=O) groups excluding carboxylic acids is 1. The summed E-state index contributed by atoms with van der Waals surface area (Å²) in [5.74, 6) is 1.00. The molecule has 0 aliphatic rings. The van der Waals surface area contributed by atoms with Crippen LogP contribution in [0.2, 0.25) is 0 Å². The van der Waals surface area contributed by atoms with E-state index in [1.165, 1.54) is 0 Å². The Morgan fingerprint density at radius 2 is 1.70 bits per heavy atom. The molecule has 4 aromatic rings. The monoisotopic (exact) mass is 520 g/mol. The third-order valence-electron chi connectivity index (χ3n) is 6.43. The van der Waals surface area contributed by atoms with Gasteiger partial charge in [-0.3, -0.25) is 4.79 Å². The van der Waals surface area contributed by atoms with E-state index in [-0.39, 0.29) is 23.1 Å². The molecule has 4 rings (SSSR count). The average Bonchev–Trinajstić information content (AvgIpc) is 3.25. The fourth-order valence-electron chi connectivity index (χ4n) is 4.42. The highest BCUT2D eigenvalue weighted by molar-refractivity contribution is 7.90. The van der Waals surface area contributed by atoms with Gasteiger partial charge in [0, 0.05) is 23.6 Å². The fourth-order valence-corrected chi connectivity index (χ4v) is 6.09. The molecule has 0 spiro atoms. The molecule has 1 N–H and O–H groups in total. The van der Waals surface area contributed by atoms with Crippen LogP contribution in [0.15, 0.2) is 71.8 Å². The molecule has 0 aliphatic carbocycles. The van der Waals surface area contributed by atoms with E-state index in [0.717, 1.165) is 22.3 Å². The van der Waals surface area contributed by atoms with Gasteiger partial charge in [-0.05, 0) is 55.2 Å². The van der Waals surface area contributed by atoms with Crippen LogP contribution in [-0.4, -0.2) is 39.7 Å². The van der Waals surface area contributed by atoms with Gasteiger partial charge in [-0.2, -0.15) is 0 Å². The molecule has 3 aromatic carbocycles. The summed E-state index contributed by atoms with van der Waals surface area (Å²) in [4.78, 5) is 13.0. The van der Waals surface area contributed by atoms with Gasteiger partial charge in [-0.25, -0.2) is 8.42 Å². The number of para-hydroxylation sites is 1. The first kappa shape index (κ1) is 26.3. The standard InChI is InChI=1S/C29H32N2O5S/c1-20-9-10-21(2)23(15-20)19-37(33,34)28-17-31(25-8-6-5-7-24(25)28)18-29(32)30-14-13-22-11-12-26(35-3)27(16-22)36-4/h5-12,15-17H,13-14,18-19H2,1-4H3,(H,30,32). The second-order valence-corrected chi connectivity index (χ2v) is 11.1. The Hall–Kier alpha value is -3.78. The minimum Gasteiger partial charge on any atom is -0.493 e. The Morgan fingerprint density at radius 1 is 0.946 bits per heavy atom. The van der Waals surface area contributed by atoms with Crippen LogP contribution >= 0.6 is 0 Å². The van der Waals surface area contributed by atoms with Gasteiger partial charge in [0.25, 0.3) is 0 Å². The molecular formula is C29H32N2O5S. The second kappa shape index (κ2) is 11.1. The van der Waals surface area contributed by atoms with Crippen LogP contribution in [0.1, 0.15) is 22.3 Å². The van der Waals surface area contributed by atoms with Gasteiger partial charge in [-0.15, -0.1) is 0 Å². The summed E-state index contributed by atoms with van der Waals surface area (Å²) >= 11 is 0. The summed E-state index contributed by atoms with van der Waals surface area (Å²) in [6.45, 7) is 4.32. The molecule has 1 aromatic heterocycles. The predicted molar refractivity (Wildman–Crippen MR) is 145 cm³/mol. The minimum absolute atomic E-state index is 0.0193. The molecule has 0 fully saturated rings. The van der Waals surface area contributed by atoms with Crippen molar-refractivity contribution in [3.63, 3.8) is 0 Å². The highest BCUT2D eigenvalue weighted by Gasteiger charge is 2.23. The molecule has 37 heavy (non-hydrogen) atoms. The van der Waals surface area contributed by atoms with Gasteiger partial charge in [-0.1, -0.05) is 48.0 Å². The van der Waals surface area contributed by atoms with Crippen LogP contribution in [-0.2, 0) is 33.4 Å². The minimum atomic E-state index is -3.63. The maximum Gasteiger partial charge on any atom is 0.239 e. The third-order valence-corrected chi connectivity index (χ3v) is 8.12. The lowest BCUT2D eigenvalue weighted by atomic mass is 10.1. The first-order valence-corrected chi connectivity index (χ1v) is 13.7. The molecule has 8 heteroatoms. The first-order chi connectivity index (χ1) is 17.7. The number of benzene rings is 3. The number of aromatic nitrogens is 1. The molecule has 0 unspecified atom stereocenters. The number of methoxy groups -OCH3 is 2. The zero-order valence-corrected chi connectivity index (χ0v) is 22.4. The molecule has 0 radical (unpaired) electrons. The van der Waals surface area contributed by atoms with Crippen molar-refractivity contribution in [3.05, 3.63) is 89.1 Å². The van der Waals surface area contributed by atoms with Crippen molar-refractivity contribution in [2.24, 2.45) is 0 Å². The van der Waals surface area contributed by atoms with Crippen molar-refractivity contribution < 1.29 is 22.7 Å². The van der Waals surface area contributed by atoms with Crippen molar-refractivity contribution in [2.75, 3.05) is 20.8 Å². The van der Waals surface area contributed by atoms with E-state index in [4.69, 9.17) is 9.47 Å². The van der Waals surface area contributed by atoms with E-state index in [2.05, 4.69) is 5.32 Å². The zero-order valence-electron chi connectivity index (χ0n) is 21.6. The number of amides is 1. The Morgan fingerprint density at radius 3 is 2.46 bits per heavy atom. The maximum atomic E-state index is 13.5. The summed E-state index contributed by atoms with van der Waals surface area (Å²) < 4.78 is 39.3. The average molecular weight is 521 g/mol. The number of rotatable bonds is 10. The summed E-state index contributed by atoms with van der Waals surface area (Å²) in [6, 6.07) is 18.8. The number of hydrogen-bond acceptors (Lipinski definition) is 5.